The molecule has 4 rings (SSSR count). The van der Waals surface area contributed by atoms with Gasteiger partial charge in [-0.05, 0) is 5.56 Å². The molecule has 0 aliphatic heterocycles. The van der Waals surface area contributed by atoms with Crippen molar-refractivity contribution in [2.24, 2.45) is 0 Å². The first kappa shape index (κ1) is 18.2. The molecule has 0 aliphatic carbocycles. The highest BCUT2D eigenvalue weighted by atomic mass is 15.1. The van der Waals surface area contributed by atoms with Crippen LogP contribution in [0.1, 0.15) is 16.7 Å². The van der Waals surface area contributed by atoms with Crippen LogP contribution in [0.5, 0.6) is 0 Å². The minimum atomic E-state index is 0.947. The van der Waals surface area contributed by atoms with Crippen LogP contribution in [-0.4, -0.2) is 16.7 Å². The van der Waals surface area contributed by atoms with Gasteiger partial charge in [-0.1, -0.05) is 91.0 Å². The predicted molar refractivity (Wildman–Crippen MR) is 114 cm³/mol. The Morgan fingerprint density at radius 1 is 0.679 bits per heavy atom. The van der Waals surface area contributed by atoms with Crippen molar-refractivity contribution < 1.29 is 4.90 Å². The van der Waals surface area contributed by atoms with E-state index in [1.165, 1.54) is 27.2 Å². The van der Waals surface area contributed by atoms with Crippen LogP contribution in [-0.2, 0) is 19.5 Å². The van der Waals surface area contributed by atoms with Crippen molar-refractivity contribution in [2.75, 3.05) is 6.54 Å². The Labute approximate surface area is 166 Å². The van der Waals surface area contributed by atoms with E-state index in [-0.39, 0.29) is 0 Å². The number of H-pyrrole nitrogens is 1. The van der Waals surface area contributed by atoms with Crippen LogP contribution in [0, 0.1) is 0 Å². The van der Waals surface area contributed by atoms with E-state index in [1.54, 1.807) is 0 Å². The van der Waals surface area contributed by atoms with Gasteiger partial charge in [-0.25, -0.2) is 0 Å². The lowest BCUT2D eigenvalue weighted by molar-refractivity contribution is -0.927. The predicted octanol–water partition coefficient (Wildman–Crippen LogP) is 3.90. The first-order valence-electron chi connectivity index (χ1n) is 9.87. The lowest BCUT2D eigenvalue weighted by Gasteiger charge is -2.20. The Morgan fingerprint density at radius 2 is 1.29 bits per heavy atom. The summed E-state index contributed by atoms with van der Waals surface area (Å²) < 4.78 is 0. The van der Waals surface area contributed by atoms with Crippen LogP contribution in [0.15, 0.2) is 97.2 Å². The molecule has 0 amide bonds. The van der Waals surface area contributed by atoms with E-state index in [0.29, 0.717) is 0 Å². The van der Waals surface area contributed by atoms with Gasteiger partial charge in [0.1, 0.15) is 13.1 Å². The topological polar surface area (TPSA) is 33.1 Å². The SMILES string of the molecule is c1ccc(CC[NH+](Cc2ccccc2)Cc2cn[nH]c2-c2ccccc2)cc1. The Hall–Kier alpha value is -3.17. The smallest absolute Gasteiger partial charge is 0.107 e. The molecule has 0 saturated heterocycles. The number of hydrogen-bond acceptors (Lipinski definition) is 1. The molecule has 0 aliphatic rings. The fraction of sp³-hybridized carbons (Fsp3) is 0.160. The fourth-order valence-electron chi connectivity index (χ4n) is 3.66. The first-order valence-corrected chi connectivity index (χ1v) is 9.87. The zero-order chi connectivity index (χ0) is 19.0. The molecule has 0 saturated carbocycles. The minimum Gasteiger partial charge on any atom is -0.327 e. The minimum absolute atomic E-state index is 0.947. The number of aromatic nitrogens is 2. The number of nitrogens with zero attached hydrogens (tertiary/aromatic N) is 1. The van der Waals surface area contributed by atoms with Crippen LogP contribution < -0.4 is 4.90 Å². The Balaban J connectivity index is 1.53. The molecule has 0 spiro atoms. The fourth-order valence-corrected chi connectivity index (χ4v) is 3.66. The van der Waals surface area contributed by atoms with E-state index >= 15 is 0 Å². The van der Waals surface area contributed by atoms with Crippen LogP contribution >= 0.6 is 0 Å². The van der Waals surface area contributed by atoms with Gasteiger partial charge in [0, 0.05) is 17.5 Å². The molecule has 3 nitrogen and oxygen atoms in total. The van der Waals surface area contributed by atoms with Crippen molar-refractivity contribution in [3.63, 3.8) is 0 Å². The maximum absolute atomic E-state index is 4.34. The molecule has 4 aromatic rings. The molecule has 1 aromatic heterocycles. The summed E-state index contributed by atoms with van der Waals surface area (Å²) in [4.78, 5) is 1.54. The lowest BCUT2D eigenvalue weighted by atomic mass is 10.1. The summed E-state index contributed by atoms with van der Waals surface area (Å²) in [6.07, 6.45) is 3.05. The second-order valence-electron chi connectivity index (χ2n) is 7.21. The molecular formula is C25H26N3+. The molecule has 0 fully saturated rings. The highest BCUT2D eigenvalue weighted by Crippen LogP contribution is 2.19. The van der Waals surface area contributed by atoms with Crippen molar-refractivity contribution in [1.29, 1.82) is 0 Å². The van der Waals surface area contributed by atoms with Crippen molar-refractivity contribution in [3.05, 3.63) is 114 Å². The largest absolute Gasteiger partial charge is 0.327 e. The van der Waals surface area contributed by atoms with E-state index in [1.807, 2.05) is 12.3 Å². The summed E-state index contributed by atoms with van der Waals surface area (Å²) in [7, 11) is 0. The second kappa shape index (κ2) is 9.16. The van der Waals surface area contributed by atoms with Gasteiger partial charge < -0.3 is 4.90 Å². The van der Waals surface area contributed by atoms with E-state index in [2.05, 4.69) is 95.1 Å². The molecule has 0 bridgehead atoms. The van der Waals surface area contributed by atoms with Crippen molar-refractivity contribution in [3.8, 4) is 11.3 Å². The van der Waals surface area contributed by atoms with E-state index < -0.39 is 0 Å². The third-order valence-corrected chi connectivity index (χ3v) is 5.13. The maximum atomic E-state index is 4.34. The first-order chi connectivity index (χ1) is 13.9. The molecule has 28 heavy (non-hydrogen) atoms. The van der Waals surface area contributed by atoms with Crippen LogP contribution in [0.4, 0.5) is 0 Å². The maximum Gasteiger partial charge on any atom is 0.107 e. The van der Waals surface area contributed by atoms with Crippen molar-refractivity contribution >= 4 is 0 Å². The Morgan fingerprint density at radius 3 is 1.96 bits per heavy atom. The van der Waals surface area contributed by atoms with Gasteiger partial charge in [0.05, 0.1) is 24.0 Å². The molecule has 1 atom stereocenters. The average molecular weight is 369 g/mol. The highest BCUT2D eigenvalue weighted by molar-refractivity contribution is 5.62. The molecular weight excluding hydrogens is 342 g/mol. The average Bonchev–Trinajstić information content (AvgIpc) is 3.22. The second-order valence-corrected chi connectivity index (χ2v) is 7.21. The summed E-state index contributed by atoms with van der Waals surface area (Å²) >= 11 is 0. The monoisotopic (exact) mass is 368 g/mol. The number of aromatic amines is 1. The van der Waals surface area contributed by atoms with E-state index in [0.717, 1.165) is 31.7 Å². The van der Waals surface area contributed by atoms with Crippen LogP contribution in [0.25, 0.3) is 11.3 Å². The van der Waals surface area contributed by atoms with Crippen LogP contribution in [0.3, 0.4) is 0 Å². The Kier molecular flexibility index (Phi) is 5.95. The lowest BCUT2D eigenvalue weighted by Crippen LogP contribution is -3.09. The molecule has 1 heterocycles. The molecule has 1 unspecified atom stereocenters. The normalized spacial score (nSPS) is 12.0. The van der Waals surface area contributed by atoms with Crippen molar-refractivity contribution in [1.82, 2.24) is 10.2 Å². The van der Waals surface area contributed by atoms with E-state index in [4.69, 9.17) is 0 Å². The highest BCUT2D eigenvalue weighted by Gasteiger charge is 2.16. The zero-order valence-corrected chi connectivity index (χ0v) is 16.0. The summed E-state index contributed by atoms with van der Waals surface area (Å²) in [5, 5.41) is 7.54. The number of rotatable bonds is 8. The molecule has 2 N–H and O–H groups in total. The molecule has 3 aromatic carbocycles. The third kappa shape index (κ3) is 4.76. The third-order valence-electron chi connectivity index (χ3n) is 5.13. The van der Waals surface area contributed by atoms with Gasteiger partial charge in [-0.2, -0.15) is 5.10 Å². The van der Waals surface area contributed by atoms with Gasteiger partial charge >= 0.3 is 0 Å². The summed E-state index contributed by atoms with van der Waals surface area (Å²) in [5.74, 6) is 0. The van der Waals surface area contributed by atoms with Gasteiger partial charge in [0.15, 0.2) is 0 Å². The molecule has 0 radical (unpaired) electrons. The quantitative estimate of drug-likeness (QED) is 0.486. The molecule has 3 heteroatoms. The van der Waals surface area contributed by atoms with E-state index in [9.17, 15) is 0 Å². The van der Waals surface area contributed by atoms with Gasteiger partial charge in [0.25, 0.3) is 0 Å². The number of quaternary nitrogens is 1. The van der Waals surface area contributed by atoms with Crippen molar-refractivity contribution in [2.45, 2.75) is 19.5 Å². The Bertz CT molecular complexity index is 962. The van der Waals surface area contributed by atoms with Gasteiger partial charge in [-0.3, -0.25) is 5.10 Å². The van der Waals surface area contributed by atoms with Gasteiger partial charge in [0.2, 0.25) is 0 Å². The summed E-state index contributed by atoms with van der Waals surface area (Å²) in [6, 6.07) is 32.0. The van der Waals surface area contributed by atoms with Gasteiger partial charge in [-0.15, -0.1) is 0 Å². The number of nitrogens with one attached hydrogen (secondary N) is 2. The summed E-state index contributed by atoms with van der Waals surface area (Å²) in [5.41, 5.74) is 6.35. The number of hydrogen-bond donors (Lipinski definition) is 2. The molecule has 140 valence electrons. The zero-order valence-electron chi connectivity index (χ0n) is 16.0. The number of benzene rings is 3. The summed E-state index contributed by atoms with van der Waals surface area (Å²) in [6.45, 7) is 3.04. The van der Waals surface area contributed by atoms with Crippen LogP contribution in [0.2, 0.25) is 0 Å². The standard InChI is InChI=1S/C25H25N3/c1-4-10-21(11-5-1)16-17-28(19-22-12-6-2-7-13-22)20-24-18-26-27-25(24)23-14-8-3-9-15-23/h1-15,18H,16-17,19-20H2,(H,26,27)/p+1.